The Balaban J connectivity index is 1.45. The first-order valence-corrected chi connectivity index (χ1v) is 8.91. The highest BCUT2D eigenvalue weighted by Crippen LogP contribution is 2.10. The number of anilines is 1. The zero-order chi connectivity index (χ0) is 19.0. The van der Waals surface area contributed by atoms with Crippen molar-refractivity contribution in [2.75, 3.05) is 37.6 Å². The van der Waals surface area contributed by atoms with E-state index in [1.165, 1.54) is 11.6 Å². The molecule has 3 aromatic heterocycles. The van der Waals surface area contributed by atoms with Crippen molar-refractivity contribution in [3.63, 3.8) is 0 Å². The van der Waals surface area contributed by atoms with Gasteiger partial charge in [-0.3, -0.25) is 18.8 Å². The highest BCUT2D eigenvalue weighted by Gasteiger charge is 2.19. The van der Waals surface area contributed by atoms with Gasteiger partial charge < -0.3 is 9.47 Å². The van der Waals surface area contributed by atoms with Crippen molar-refractivity contribution < 1.29 is 0 Å². The first kappa shape index (κ1) is 17.4. The van der Waals surface area contributed by atoms with Crippen LogP contribution in [0.2, 0.25) is 0 Å². The number of hydrogen-bond acceptors (Lipinski definition) is 7. The Morgan fingerprint density at radius 1 is 0.926 bits per heavy atom. The van der Waals surface area contributed by atoms with Gasteiger partial charge in [0.25, 0.3) is 5.56 Å². The summed E-state index contributed by atoms with van der Waals surface area (Å²) in [5, 5.41) is 0. The Morgan fingerprint density at radius 3 is 2.33 bits per heavy atom. The Bertz CT molecular complexity index is 1060. The SMILES string of the molecule is Cn1c(=O)c2c(ncn2CCN2CCN(c3ncccn3)CC2)n(C)c1=O. The van der Waals surface area contributed by atoms with E-state index in [1.807, 2.05) is 10.6 Å². The number of imidazole rings is 1. The minimum atomic E-state index is -0.364. The highest BCUT2D eigenvalue weighted by molar-refractivity contribution is 5.69. The lowest BCUT2D eigenvalue weighted by Crippen LogP contribution is -2.47. The van der Waals surface area contributed by atoms with E-state index >= 15 is 0 Å². The molecule has 0 spiro atoms. The molecule has 0 atom stereocenters. The fraction of sp³-hybridized carbons (Fsp3) is 0.471. The minimum absolute atomic E-state index is 0.309. The smallest absolute Gasteiger partial charge is 0.332 e. The second-order valence-electron chi connectivity index (χ2n) is 6.69. The normalized spacial score (nSPS) is 15.6. The molecule has 4 heterocycles. The summed E-state index contributed by atoms with van der Waals surface area (Å²) in [5.74, 6) is 0.766. The van der Waals surface area contributed by atoms with Gasteiger partial charge in [0.15, 0.2) is 11.2 Å². The van der Waals surface area contributed by atoms with Crippen molar-refractivity contribution in [3.8, 4) is 0 Å². The number of aryl methyl sites for hydroxylation is 1. The molecule has 0 amide bonds. The van der Waals surface area contributed by atoms with Crippen LogP contribution in [0.3, 0.4) is 0 Å². The maximum atomic E-state index is 12.5. The average molecular weight is 370 g/mol. The van der Waals surface area contributed by atoms with Crippen LogP contribution in [0.5, 0.6) is 0 Å². The van der Waals surface area contributed by atoms with Crippen LogP contribution in [0.4, 0.5) is 5.95 Å². The molecule has 3 aromatic rings. The molecule has 1 fully saturated rings. The van der Waals surface area contributed by atoms with Gasteiger partial charge in [-0.15, -0.1) is 0 Å². The molecule has 0 radical (unpaired) electrons. The lowest BCUT2D eigenvalue weighted by molar-refractivity contribution is 0.248. The monoisotopic (exact) mass is 370 g/mol. The van der Waals surface area contributed by atoms with Crippen LogP contribution in [0.15, 0.2) is 34.4 Å². The lowest BCUT2D eigenvalue weighted by Gasteiger charge is -2.34. The predicted molar refractivity (Wildman–Crippen MR) is 101 cm³/mol. The van der Waals surface area contributed by atoms with E-state index in [0.717, 1.165) is 43.2 Å². The quantitative estimate of drug-likeness (QED) is 0.584. The molecule has 0 unspecified atom stereocenters. The molecule has 0 aliphatic carbocycles. The summed E-state index contributed by atoms with van der Waals surface area (Å²) in [5.41, 5.74) is 0.221. The maximum absolute atomic E-state index is 12.5. The third kappa shape index (κ3) is 3.12. The fourth-order valence-electron chi connectivity index (χ4n) is 3.44. The second-order valence-corrected chi connectivity index (χ2v) is 6.69. The molecule has 0 N–H and O–H groups in total. The van der Waals surface area contributed by atoms with Gasteiger partial charge >= 0.3 is 5.69 Å². The third-order valence-corrected chi connectivity index (χ3v) is 5.08. The molecule has 10 heteroatoms. The fourth-order valence-corrected chi connectivity index (χ4v) is 3.44. The van der Waals surface area contributed by atoms with Gasteiger partial charge in [-0.05, 0) is 6.07 Å². The van der Waals surface area contributed by atoms with Gasteiger partial charge in [0, 0.05) is 65.8 Å². The van der Waals surface area contributed by atoms with Crippen LogP contribution in [0.1, 0.15) is 0 Å². The van der Waals surface area contributed by atoms with Gasteiger partial charge in [-0.2, -0.15) is 0 Å². The topological polar surface area (TPSA) is 94.1 Å². The molecule has 27 heavy (non-hydrogen) atoms. The lowest BCUT2D eigenvalue weighted by atomic mass is 10.3. The largest absolute Gasteiger partial charge is 0.338 e. The summed E-state index contributed by atoms with van der Waals surface area (Å²) in [6, 6.07) is 1.81. The van der Waals surface area contributed by atoms with E-state index in [1.54, 1.807) is 25.8 Å². The van der Waals surface area contributed by atoms with Crippen molar-refractivity contribution in [2.45, 2.75) is 6.54 Å². The van der Waals surface area contributed by atoms with Crippen molar-refractivity contribution in [1.29, 1.82) is 0 Å². The Labute approximate surface area is 155 Å². The molecule has 4 rings (SSSR count). The third-order valence-electron chi connectivity index (χ3n) is 5.08. The van der Waals surface area contributed by atoms with E-state index < -0.39 is 0 Å². The van der Waals surface area contributed by atoms with Crippen LogP contribution < -0.4 is 16.1 Å². The summed E-state index contributed by atoms with van der Waals surface area (Å²) in [6.07, 6.45) is 5.15. The Morgan fingerprint density at radius 2 is 1.63 bits per heavy atom. The standard InChI is InChI=1S/C17H22N8O2/c1-21-14-13(15(26)22(2)17(21)27)25(12-20-14)11-8-23-6-9-24(10-7-23)16-18-4-3-5-19-16/h3-5,12H,6-11H2,1-2H3. The van der Waals surface area contributed by atoms with Crippen LogP contribution in [-0.4, -0.2) is 66.3 Å². The molecule has 0 aromatic carbocycles. The number of rotatable bonds is 4. The van der Waals surface area contributed by atoms with Crippen molar-refractivity contribution in [1.82, 2.24) is 33.6 Å². The molecule has 0 saturated carbocycles. The molecular formula is C17H22N8O2. The molecule has 1 aliphatic rings. The summed E-state index contributed by atoms with van der Waals surface area (Å²) in [7, 11) is 3.12. The van der Waals surface area contributed by atoms with Gasteiger partial charge in [0.1, 0.15) is 0 Å². The van der Waals surface area contributed by atoms with Gasteiger partial charge in [0.05, 0.1) is 6.33 Å². The number of nitrogens with zero attached hydrogens (tertiary/aromatic N) is 8. The predicted octanol–water partition coefficient (Wildman–Crippen LogP) is -0.954. The van der Waals surface area contributed by atoms with Gasteiger partial charge in [-0.25, -0.2) is 19.7 Å². The van der Waals surface area contributed by atoms with E-state index in [2.05, 4.69) is 24.8 Å². The highest BCUT2D eigenvalue weighted by atomic mass is 16.2. The first-order valence-electron chi connectivity index (χ1n) is 8.91. The van der Waals surface area contributed by atoms with E-state index in [9.17, 15) is 9.59 Å². The van der Waals surface area contributed by atoms with Crippen LogP contribution in [-0.2, 0) is 20.6 Å². The van der Waals surface area contributed by atoms with Crippen LogP contribution in [0.25, 0.3) is 11.2 Å². The number of fused-ring (bicyclic) bond motifs is 1. The van der Waals surface area contributed by atoms with Crippen molar-refractivity contribution >= 4 is 17.1 Å². The molecule has 1 aliphatic heterocycles. The van der Waals surface area contributed by atoms with E-state index in [0.29, 0.717) is 17.7 Å². The molecule has 10 nitrogen and oxygen atoms in total. The van der Waals surface area contributed by atoms with Crippen molar-refractivity contribution in [3.05, 3.63) is 45.6 Å². The summed E-state index contributed by atoms with van der Waals surface area (Å²) < 4.78 is 4.37. The molecule has 1 saturated heterocycles. The zero-order valence-corrected chi connectivity index (χ0v) is 15.4. The molecule has 0 bridgehead atoms. The Kier molecular flexibility index (Phi) is 4.48. The number of aromatic nitrogens is 6. The van der Waals surface area contributed by atoms with E-state index in [4.69, 9.17) is 0 Å². The van der Waals surface area contributed by atoms with Gasteiger partial charge in [0.2, 0.25) is 5.95 Å². The number of piperazine rings is 1. The maximum Gasteiger partial charge on any atom is 0.332 e. The molecular weight excluding hydrogens is 348 g/mol. The summed E-state index contributed by atoms with van der Waals surface area (Å²) in [4.78, 5) is 41.9. The Hall–Kier alpha value is -3.01. The minimum Gasteiger partial charge on any atom is -0.338 e. The van der Waals surface area contributed by atoms with Gasteiger partial charge in [-0.1, -0.05) is 0 Å². The second kappa shape index (κ2) is 6.95. The van der Waals surface area contributed by atoms with Crippen molar-refractivity contribution in [2.24, 2.45) is 14.1 Å². The zero-order valence-electron chi connectivity index (χ0n) is 15.4. The molecule has 142 valence electrons. The van der Waals surface area contributed by atoms with E-state index in [-0.39, 0.29) is 11.2 Å². The van der Waals surface area contributed by atoms with Crippen LogP contribution >= 0.6 is 0 Å². The number of hydrogen-bond donors (Lipinski definition) is 0. The summed E-state index contributed by atoms with van der Waals surface area (Å²) in [6.45, 7) is 4.99. The summed E-state index contributed by atoms with van der Waals surface area (Å²) >= 11 is 0. The first-order chi connectivity index (χ1) is 13.1. The average Bonchev–Trinajstić information content (AvgIpc) is 3.14. The van der Waals surface area contributed by atoms with Crippen LogP contribution in [0, 0.1) is 0 Å².